The van der Waals surface area contributed by atoms with Gasteiger partial charge in [0.25, 0.3) is 0 Å². The number of rotatable bonds is 10. The van der Waals surface area contributed by atoms with Crippen LogP contribution in [0.5, 0.6) is 5.75 Å². The third-order valence-electron chi connectivity index (χ3n) is 4.76. The lowest BCUT2D eigenvalue weighted by atomic mass is 10.0. The zero-order valence-electron chi connectivity index (χ0n) is 18.3. The van der Waals surface area contributed by atoms with Gasteiger partial charge in [0.1, 0.15) is 29.5 Å². The van der Waals surface area contributed by atoms with E-state index in [1.165, 1.54) is 18.5 Å². The lowest BCUT2D eigenvalue weighted by Crippen LogP contribution is -2.10. The highest BCUT2D eigenvalue weighted by Gasteiger charge is 2.13. The summed E-state index contributed by atoms with van der Waals surface area (Å²) >= 11 is 3.08. The first-order chi connectivity index (χ1) is 15.9. The highest BCUT2D eigenvalue weighted by Crippen LogP contribution is 2.28. The van der Waals surface area contributed by atoms with Crippen LogP contribution in [0.2, 0.25) is 0 Å². The van der Waals surface area contributed by atoms with Crippen molar-refractivity contribution in [1.29, 1.82) is 0 Å². The Balaban J connectivity index is 1.73. The fourth-order valence-electron chi connectivity index (χ4n) is 3.26. The van der Waals surface area contributed by atoms with Gasteiger partial charge in [0.05, 0.1) is 25.3 Å². The molecular formula is C24H24BrF2N3O3. The van der Waals surface area contributed by atoms with E-state index in [9.17, 15) is 13.6 Å². The molecule has 0 bridgehead atoms. The normalized spacial score (nSPS) is 10.7. The summed E-state index contributed by atoms with van der Waals surface area (Å²) in [5.74, 6) is -0.418. The van der Waals surface area contributed by atoms with Gasteiger partial charge >= 0.3 is 5.97 Å². The minimum atomic E-state index is -0.599. The summed E-state index contributed by atoms with van der Waals surface area (Å²) in [6.45, 7) is 4.67. The van der Waals surface area contributed by atoms with Crippen LogP contribution in [0.4, 0.5) is 14.6 Å². The summed E-state index contributed by atoms with van der Waals surface area (Å²) in [6, 6.07) is 9.69. The van der Waals surface area contributed by atoms with Crippen molar-refractivity contribution < 1.29 is 23.0 Å². The second-order valence-corrected chi connectivity index (χ2v) is 7.97. The Morgan fingerprint density at radius 3 is 2.52 bits per heavy atom. The fraction of sp³-hybridized carbons (Fsp3) is 0.292. The third-order valence-corrected chi connectivity index (χ3v) is 5.21. The summed E-state index contributed by atoms with van der Waals surface area (Å²) in [7, 11) is 0. The molecule has 33 heavy (non-hydrogen) atoms. The number of esters is 1. The highest BCUT2D eigenvalue weighted by molar-refractivity contribution is 9.10. The molecule has 0 aliphatic carbocycles. The molecule has 6 nitrogen and oxygen atoms in total. The van der Waals surface area contributed by atoms with Crippen LogP contribution >= 0.6 is 15.9 Å². The summed E-state index contributed by atoms with van der Waals surface area (Å²) in [6.07, 6.45) is 1.68. The number of ether oxygens (including phenoxy) is 2. The van der Waals surface area contributed by atoms with Gasteiger partial charge < -0.3 is 14.8 Å². The molecule has 1 aromatic heterocycles. The molecular weight excluding hydrogens is 496 g/mol. The number of nitrogens with one attached hydrogen (secondary N) is 1. The Labute approximate surface area is 199 Å². The third kappa shape index (κ3) is 6.71. The number of hydrogen-bond acceptors (Lipinski definition) is 6. The van der Waals surface area contributed by atoms with Crippen LogP contribution in [0.15, 0.2) is 47.2 Å². The lowest BCUT2D eigenvalue weighted by molar-refractivity contribution is -0.142. The number of anilines is 1. The number of hydrogen-bond donors (Lipinski definition) is 1. The van der Waals surface area contributed by atoms with Crippen LogP contribution < -0.4 is 10.1 Å². The number of halogens is 3. The molecule has 0 fully saturated rings. The average Bonchev–Trinajstić information content (AvgIpc) is 2.77. The summed E-state index contributed by atoms with van der Waals surface area (Å²) in [5.41, 5.74) is 2.15. The van der Waals surface area contributed by atoms with Crippen LogP contribution in [-0.4, -0.2) is 35.7 Å². The molecule has 0 spiro atoms. The van der Waals surface area contributed by atoms with Gasteiger partial charge in [-0.25, -0.2) is 18.7 Å². The van der Waals surface area contributed by atoms with Crippen molar-refractivity contribution in [3.8, 4) is 17.0 Å². The van der Waals surface area contributed by atoms with Crippen molar-refractivity contribution in [1.82, 2.24) is 9.97 Å². The van der Waals surface area contributed by atoms with E-state index in [2.05, 4.69) is 31.2 Å². The van der Waals surface area contributed by atoms with Crippen molar-refractivity contribution in [2.24, 2.45) is 0 Å². The average molecular weight is 520 g/mol. The van der Waals surface area contributed by atoms with Crippen molar-refractivity contribution in [3.05, 3.63) is 70.0 Å². The van der Waals surface area contributed by atoms with Crippen LogP contribution in [0, 0.1) is 11.6 Å². The van der Waals surface area contributed by atoms with E-state index in [4.69, 9.17) is 9.47 Å². The van der Waals surface area contributed by atoms with Crippen LogP contribution in [0.3, 0.4) is 0 Å². The molecule has 0 unspecified atom stereocenters. The van der Waals surface area contributed by atoms with Crippen molar-refractivity contribution in [3.63, 3.8) is 0 Å². The van der Waals surface area contributed by atoms with E-state index >= 15 is 0 Å². The Morgan fingerprint density at radius 2 is 1.82 bits per heavy atom. The van der Waals surface area contributed by atoms with Gasteiger partial charge in [0, 0.05) is 33.8 Å². The molecule has 1 heterocycles. The smallest absolute Gasteiger partial charge is 0.310 e. The number of benzene rings is 2. The highest BCUT2D eigenvalue weighted by atomic mass is 79.9. The molecule has 0 atom stereocenters. The topological polar surface area (TPSA) is 73.3 Å². The van der Waals surface area contributed by atoms with Crippen LogP contribution in [0.25, 0.3) is 11.3 Å². The number of carbonyl (C=O) groups excluding carboxylic acids is 1. The zero-order chi connectivity index (χ0) is 23.8. The van der Waals surface area contributed by atoms with Gasteiger partial charge in [0.2, 0.25) is 0 Å². The van der Waals surface area contributed by atoms with Crippen molar-refractivity contribution >= 4 is 27.7 Å². The standard InChI is InChI=1S/C24H24BrF2N3O3/c1-3-32-22-9-15(5-6-16(22)10-24(31)33-4-2)21-13-23(30-14-29-21)28-8-7-18-19(26)11-17(25)12-20(18)27/h5-6,9,11-14H,3-4,7-8,10H2,1-2H3,(H,28,29,30). The maximum absolute atomic E-state index is 14.0. The number of aromatic nitrogens is 2. The van der Waals surface area contributed by atoms with Crippen molar-refractivity contribution in [2.45, 2.75) is 26.7 Å². The number of nitrogens with zero attached hydrogens (tertiary/aromatic N) is 2. The molecule has 1 N–H and O–H groups in total. The van der Waals surface area contributed by atoms with Gasteiger partial charge in [-0.05, 0) is 38.5 Å². The fourth-order valence-corrected chi connectivity index (χ4v) is 3.66. The largest absolute Gasteiger partial charge is 0.494 e. The van der Waals surface area contributed by atoms with E-state index in [-0.39, 0.29) is 30.9 Å². The molecule has 0 amide bonds. The molecule has 174 valence electrons. The van der Waals surface area contributed by atoms with E-state index in [1.54, 1.807) is 13.0 Å². The SMILES string of the molecule is CCOC(=O)Cc1ccc(-c2cc(NCCc3c(F)cc(Br)cc3F)ncn2)cc1OCC. The van der Waals surface area contributed by atoms with Crippen LogP contribution in [0.1, 0.15) is 25.0 Å². The first-order valence-corrected chi connectivity index (χ1v) is 11.3. The molecule has 2 aromatic carbocycles. The minimum Gasteiger partial charge on any atom is -0.494 e. The second-order valence-electron chi connectivity index (χ2n) is 7.05. The quantitative estimate of drug-likeness (QED) is 0.364. The molecule has 0 saturated carbocycles. The molecule has 3 aromatic rings. The maximum Gasteiger partial charge on any atom is 0.310 e. The van der Waals surface area contributed by atoms with Gasteiger partial charge in [-0.3, -0.25) is 4.79 Å². The van der Waals surface area contributed by atoms with E-state index in [0.29, 0.717) is 34.9 Å². The van der Waals surface area contributed by atoms with Gasteiger partial charge in [0.15, 0.2) is 0 Å². The van der Waals surface area contributed by atoms with Gasteiger partial charge in [-0.15, -0.1) is 0 Å². The monoisotopic (exact) mass is 519 g/mol. The molecule has 0 aliphatic rings. The molecule has 0 aliphatic heterocycles. The van der Waals surface area contributed by atoms with Crippen LogP contribution in [-0.2, 0) is 22.4 Å². The summed E-state index contributed by atoms with van der Waals surface area (Å²) in [4.78, 5) is 20.4. The van der Waals surface area contributed by atoms with E-state index < -0.39 is 11.6 Å². The summed E-state index contributed by atoms with van der Waals surface area (Å²) in [5, 5.41) is 3.08. The predicted molar refractivity (Wildman–Crippen MR) is 125 cm³/mol. The predicted octanol–water partition coefficient (Wildman–Crippen LogP) is 5.34. The summed E-state index contributed by atoms with van der Waals surface area (Å²) < 4.78 is 39.1. The first kappa shape index (κ1) is 24.6. The Morgan fingerprint density at radius 1 is 1.06 bits per heavy atom. The zero-order valence-corrected chi connectivity index (χ0v) is 19.9. The molecule has 9 heteroatoms. The molecule has 0 radical (unpaired) electrons. The van der Waals surface area contributed by atoms with E-state index in [1.807, 2.05) is 25.1 Å². The Bertz CT molecular complexity index is 1100. The van der Waals surface area contributed by atoms with Gasteiger partial charge in [-0.1, -0.05) is 28.1 Å². The lowest BCUT2D eigenvalue weighted by Gasteiger charge is -2.13. The molecule has 0 saturated heterocycles. The minimum absolute atomic E-state index is 0.0125. The van der Waals surface area contributed by atoms with Gasteiger partial charge in [-0.2, -0.15) is 0 Å². The first-order valence-electron chi connectivity index (χ1n) is 10.5. The van der Waals surface area contributed by atoms with E-state index in [0.717, 1.165) is 11.1 Å². The Kier molecular flexibility index (Phi) is 8.71. The second kappa shape index (κ2) is 11.7. The molecule has 3 rings (SSSR count). The number of carbonyl (C=O) groups is 1. The Hall–Kier alpha value is -3.07. The maximum atomic E-state index is 14.0. The van der Waals surface area contributed by atoms with Crippen molar-refractivity contribution in [2.75, 3.05) is 25.1 Å².